The van der Waals surface area contributed by atoms with Crippen molar-refractivity contribution < 1.29 is 19.1 Å². The molecule has 0 spiro atoms. The molecule has 6 heteroatoms. The molecule has 1 heterocycles. The molecule has 1 aromatic carbocycles. The van der Waals surface area contributed by atoms with Crippen LogP contribution >= 0.6 is 0 Å². The number of likely N-dealkylation sites (N-methyl/N-ethyl adjacent to an activating group) is 1. The predicted molar refractivity (Wildman–Crippen MR) is 100 cm³/mol. The van der Waals surface area contributed by atoms with Crippen LogP contribution in [0.1, 0.15) is 46.1 Å². The molecule has 1 atom stereocenters. The van der Waals surface area contributed by atoms with Gasteiger partial charge in [-0.3, -0.25) is 9.69 Å². The maximum absolute atomic E-state index is 12.9. The highest BCUT2D eigenvalue weighted by Gasteiger charge is 2.37. The maximum atomic E-state index is 12.9. The molecule has 0 aliphatic carbocycles. The molecular weight excluding hydrogens is 332 g/mol. The van der Waals surface area contributed by atoms with Gasteiger partial charge in [0, 0.05) is 25.7 Å². The molecule has 1 unspecified atom stereocenters. The van der Waals surface area contributed by atoms with E-state index in [1.165, 1.54) is 0 Å². The highest BCUT2D eigenvalue weighted by Crippen LogP contribution is 2.24. The summed E-state index contributed by atoms with van der Waals surface area (Å²) in [6.45, 7) is 8.98. The fourth-order valence-corrected chi connectivity index (χ4v) is 3.08. The van der Waals surface area contributed by atoms with E-state index in [1.807, 2.05) is 52.0 Å². The van der Waals surface area contributed by atoms with Crippen LogP contribution < -0.4 is 4.74 Å². The molecule has 0 radical (unpaired) electrons. The van der Waals surface area contributed by atoms with Crippen LogP contribution in [0.4, 0.5) is 4.79 Å². The monoisotopic (exact) mass is 362 g/mol. The molecule has 26 heavy (non-hydrogen) atoms. The zero-order valence-electron chi connectivity index (χ0n) is 16.4. The van der Waals surface area contributed by atoms with Crippen molar-refractivity contribution in [3.05, 3.63) is 29.8 Å². The van der Waals surface area contributed by atoms with Crippen molar-refractivity contribution in [1.82, 2.24) is 9.80 Å². The summed E-state index contributed by atoms with van der Waals surface area (Å²) < 4.78 is 11.1. The van der Waals surface area contributed by atoms with Crippen LogP contribution in [0.25, 0.3) is 0 Å². The molecule has 1 saturated heterocycles. The lowest BCUT2D eigenvalue weighted by Crippen LogP contribution is -2.47. The van der Waals surface area contributed by atoms with E-state index in [9.17, 15) is 9.59 Å². The van der Waals surface area contributed by atoms with E-state index in [2.05, 4.69) is 0 Å². The molecule has 0 aromatic heterocycles. The quantitative estimate of drug-likeness (QED) is 0.805. The Hall–Kier alpha value is -2.24. The largest absolute Gasteiger partial charge is 0.494 e. The zero-order valence-corrected chi connectivity index (χ0v) is 16.4. The van der Waals surface area contributed by atoms with Crippen LogP contribution in [0, 0.1) is 0 Å². The topological polar surface area (TPSA) is 59.1 Å². The van der Waals surface area contributed by atoms with E-state index < -0.39 is 17.7 Å². The Kier molecular flexibility index (Phi) is 6.51. The smallest absolute Gasteiger partial charge is 0.410 e. The number of nitrogens with zero attached hydrogens (tertiary/aromatic N) is 2. The Morgan fingerprint density at radius 2 is 1.96 bits per heavy atom. The van der Waals surface area contributed by atoms with Crippen molar-refractivity contribution in [3.8, 4) is 5.75 Å². The summed E-state index contributed by atoms with van der Waals surface area (Å²) >= 11 is 0. The first-order valence-corrected chi connectivity index (χ1v) is 9.18. The number of hydrogen-bond donors (Lipinski definition) is 0. The Balaban J connectivity index is 2.06. The van der Waals surface area contributed by atoms with Gasteiger partial charge in [0.15, 0.2) is 0 Å². The first-order valence-electron chi connectivity index (χ1n) is 9.18. The van der Waals surface area contributed by atoms with E-state index in [0.717, 1.165) is 17.7 Å². The van der Waals surface area contributed by atoms with Crippen molar-refractivity contribution in [2.24, 2.45) is 0 Å². The Morgan fingerprint density at radius 3 is 2.62 bits per heavy atom. The first-order chi connectivity index (χ1) is 12.2. The number of benzene rings is 1. The highest BCUT2D eigenvalue weighted by molar-refractivity contribution is 5.86. The van der Waals surface area contributed by atoms with Crippen LogP contribution in [-0.2, 0) is 16.1 Å². The lowest BCUT2D eigenvalue weighted by Gasteiger charge is -2.30. The molecular formula is C20H30N2O4. The normalized spacial score (nSPS) is 17.1. The summed E-state index contributed by atoms with van der Waals surface area (Å²) in [6.07, 6.45) is 1.05. The zero-order chi connectivity index (χ0) is 19.3. The van der Waals surface area contributed by atoms with E-state index in [1.54, 1.807) is 16.8 Å². The standard InChI is InChI=1S/C20H30N2O4/c1-6-25-17-12-8-7-10-15(17)14-21(5)18(23)16-11-9-13-22(16)19(24)26-20(2,3)4/h7-8,10,12,16H,6,9,11,13-14H2,1-5H3. The van der Waals surface area contributed by atoms with E-state index in [4.69, 9.17) is 9.47 Å². The lowest BCUT2D eigenvalue weighted by molar-refractivity contribution is -0.135. The molecule has 0 bridgehead atoms. The summed E-state index contributed by atoms with van der Waals surface area (Å²) in [7, 11) is 1.76. The maximum Gasteiger partial charge on any atom is 0.410 e. The summed E-state index contributed by atoms with van der Waals surface area (Å²) in [5.41, 5.74) is 0.377. The van der Waals surface area contributed by atoms with E-state index >= 15 is 0 Å². The fourth-order valence-electron chi connectivity index (χ4n) is 3.08. The van der Waals surface area contributed by atoms with Crippen LogP contribution in [0.15, 0.2) is 24.3 Å². The van der Waals surface area contributed by atoms with Gasteiger partial charge in [0.1, 0.15) is 17.4 Å². The lowest BCUT2D eigenvalue weighted by atomic mass is 10.1. The number of carbonyl (C=O) groups excluding carboxylic acids is 2. The van der Waals surface area contributed by atoms with Gasteiger partial charge in [-0.25, -0.2) is 4.79 Å². The van der Waals surface area contributed by atoms with Crippen molar-refractivity contribution in [3.63, 3.8) is 0 Å². The molecule has 144 valence electrons. The summed E-state index contributed by atoms with van der Waals surface area (Å²) in [4.78, 5) is 28.6. The minimum atomic E-state index is -0.574. The van der Waals surface area contributed by atoms with Crippen molar-refractivity contribution in [2.75, 3.05) is 20.2 Å². The average Bonchev–Trinajstić information content (AvgIpc) is 3.04. The van der Waals surface area contributed by atoms with Gasteiger partial charge < -0.3 is 14.4 Å². The van der Waals surface area contributed by atoms with Crippen LogP contribution in [0.3, 0.4) is 0 Å². The molecule has 6 nitrogen and oxygen atoms in total. The average molecular weight is 362 g/mol. The van der Waals surface area contributed by atoms with E-state index in [-0.39, 0.29) is 5.91 Å². The molecule has 0 saturated carbocycles. The second-order valence-corrected chi connectivity index (χ2v) is 7.57. The van der Waals surface area contributed by atoms with Crippen molar-refractivity contribution in [2.45, 2.75) is 58.7 Å². The minimum Gasteiger partial charge on any atom is -0.494 e. The fraction of sp³-hybridized carbons (Fsp3) is 0.600. The second-order valence-electron chi connectivity index (χ2n) is 7.57. The van der Waals surface area contributed by atoms with Gasteiger partial charge in [-0.15, -0.1) is 0 Å². The minimum absolute atomic E-state index is 0.0698. The Labute approximate surface area is 156 Å². The van der Waals surface area contributed by atoms with Gasteiger partial charge in [-0.1, -0.05) is 18.2 Å². The molecule has 1 aromatic rings. The van der Waals surface area contributed by atoms with Gasteiger partial charge >= 0.3 is 6.09 Å². The number of likely N-dealkylation sites (tertiary alicyclic amines) is 1. The third kappa shape index (κ3) is 5.13. The Bertz CT molecular complexity index is 639. The molecule has 1 fully saturated rings. The van der Waals surface area contributed by atoms with Crippen LogP contribution in [0.5, 0.6) is 5.75 Å². The van der Waals surface area contributed by atoms with Crippen LogP contribution in [-0.4, -0.2) is 53.6 Å². The molecule has 2 rings (SSSR count). The summed E-state index contributed by atoms with van der Waals surface area (Å²) in [6, 6.07) is 7.24. The van der Waals surface area contributed by atoms with Gasteiger partial charge in [0.05, 0.1) is 6.61 Å². The van der Waals surface area contributed by atoms with Gasteiger partial charge in [-0.2, -0.15) is 0 Å². The first kappa shape index (κ1) is 20.1. The molecule has 2 amide bonds. The van der Waals surface area contributed by atoms with Gasteiger partial charge in [0.2, 0.25) is 5.91 Å². The third-order valence-electron chi connectivity index (χ3n) is 4.22. The van der Waals surface area contributed by atoms with Crippen molar-refractivity contribution in [1.29, 1.82) is 0 Å². The third-order valence-corrected chi connectivity index (χ3v) is 4.22. The van der Waals surface area contributed by atoms with Gasteiger partial charge in [-0.05, 0) is 46.6 Å². The number of carbonyl (C=O) groups is 2. The number of hydrogen-bond acceptors (Lipinski definition) is 4. The predicted octanol–water partition coefficient (Wildman–Crippen LogP) is 3.44. The highest BCUT2D eigenvalue weighted by atomic mass is 16.6. The molecule has 1 aliphatic heterocycles. The number of para-hydroxylation sites is 1. The van der Waals surface area contributed by atoms with Crippen molar-refractivity contribution >= 4 is 12.0 Å². The number of ether oxygens (including phenoxy) is 2. The number of rotatable bonds is 5. The second kappa shape index (κ2) is 8.43. The summed E-state index contributed by atoms with van der Waals surface area (Å²) in [5, 5.41) is 0. The van der Waals surface area contributed by atoms with Gasteiger partial charge in [0.25, 0.3) is 0 Å². The summed E-state index contributed by atoms with van der Waals surface area (Å²) in [5.74, 6) is 0.713. The SMILES string of the molecule is CCOc1ccccc1CN(C)C(=O)C1CCCN1C(=O)OC(C)(C)C. The number of amides is 2. The van der Waals surface area contributed by atoms with E-state index in [0.29, 0.717) is 26.1 Å². The Morgan fingerprint density at radius 1 is 1.27 bits per heavy atom. The molecule has 1 aliphatic rings. The van der Waals surface area contributed by atoms with Crippen LogP contribution in [0.2, 0.25) is 0 Å². The molecule has 0 N–H and O–H groups in total.